The summed E-state index contributed by atoms with van der Waals surface area (Å²) in [4.78, 5) is 3.81. The van der Waals surface area contributed by atoms with Crippen LogP contribution in [0.5, 0.6) is 0 Å². The second-order valence-electron chi connectivity index (χ2n) is 2.27. The van der Waals surface area contributed by atoms with Gasteiger partial charge in [0.05, 0.1) is 6.10 Å². The molecule has 5 N–H and O–H groups in total. The lowest BCUT2D eigenvalue weighted by Crippen LogP contribution is -2.11. The van der Waals surface area contributed by atoms with Gasteiger partial charge in [-0.15, -0.1) is 0 Å². The Balaban J connectivity index is 2.81. The number of anilines is 1. The standard InChI is InChI=1S/C7H11N3O/c8-3-6(11)5-1-2-7(9)10-4-5/h1-2,4,6,11H,3,8H2,(H2,9,10)/t6-/m1/s1. The third-order valence-electron chi connectivity index (χ3n) is 1.42. The average Bonchev–Trinajstić information content (AvgIpc) is 2.05. The van der Waals surface area contributed by atoms with Crippen LogP contribution in [-0.4, -0.2) is 16.6 Å². The van der Waals surface area contributed by atoms with E-state index in [1.165, 1.54) is 6.20 Å². The van der Waals surface area contributed by atoms with Crippen molar-refractivity contribution in [1.29, 1.82) is 0 Å². The quantitative estimate of drug-likeness (QED) is 0.542. The zero-order valence-corrected chi connectivity index (χ0v) is 6.07. The molecular formula is C7H11N3O. The highest BCUT2D eigenvalue weighted by Gasteiger charge is 2.03. The van der Waals surface area contributed by atoms with E-state index in [4.69, 9.17) is 11.5 Å². The van der Waals surface area contributed by atoms with E-state index in [1.54, 1.807) is 12.1 Å². The van der Waals surface area contributed by atoms with Crippen LogP contribution in [-0.2, 0) is 0 Å². The molecule has 0 spiro atoms. The Morgan fingerprint density at radius 1 is 1.55 bits per heavy atom. The first-order valence-electron chi connectivity index (χ1n) is 3.33. The lowest BCUT2D eigenvalue weighted by Gasteiger charge is -2.06. The molecule has 0 aliphatic rings. The highest BCUT2D eigenvalue weighted by Crippen LogP contribution is 2.10. The van der Waals surface area contributed by atoms with Gasteiger partial charge >= 0.3 is 0 Å². The molecule has 1 aromatic heterocycles. The molecule has 0 bridgehead atoms. The summed E-state index contributed by atoms with van der Waals surface area (Å²) in [5, 5.41) is 9.21. The smallest absolute Gasteiger partial charge is 0.123 e. The zero-order chi connectivity index (χ0) is 8.27. The van der Waals surface area contributed by atoms with E-state index in [9.17, 15) is 5.11 Å². The van der Waals surface area contributed by atoms with Crippen LogP contribution in [0.3, 0.4) is 0 Å². The summed E-state index contributed by atoms with van der Waals surface area (Å²) in [5.74, 6) is 0.443. The van der Waals surface area contributed by atoms with Crippen molar-refractivity contribution in [3.05, 3.63) is 23.9 Å². The van der Waals surface area contributed by atoms with Gasteiger partial charge < -0.3 is 16.6 Å². The van der Waals surface area contributed by atoms with Gasteiger partial charge in [-0.1, -0.05) is 6.07 Å². The maximum atomic E-state index is 9.21. The van der Waals surface area contributed by atoms with Crippen LogP contribution in [0.2, 0.25) is 0 Å². The van der Waals surface area contributed by atoms with Crippen molar-refractivity contribution in [2.75, 3.05) is 12.3 Å². The minimum absolute atomic E-state index is 0.200. The first kappa shape index (κ1) is 7.97. The van der Waals surface area contributed by atoms with Crippen LogP contribution < -0.4 is 11.5 Å². The molecule has 1 aromatic rings. The first-order valence-corrected chi connectivity index (χ1v) is 3.33. The summed E-state index contributed by atoms with van der Waals surface area (Å²) in [5.41, 5.74) is 11.3. The van der Waals surface area contributed by atoms with Crippen LogP contribution in [0.15, 0.2) is 18.3 Å². The summed E-state index contributed by atoms with van der Waals surface area (Å²) < 4.78 is 0. The summed E-state index contributed by atoms with van der Waals surface area (Å²) in [6.45, 7) is 0.200. The van der Waals surface area contributed by atoms with Gasteiger partial charge in [-0.2, -0.15) is 0 Å². The number of rotatable bonds is 2. The molecule has 4 nitrogen and oxygen atoms in total. The molecule has 1 rings (SSSR count). The van der Waals surface area contributed by atoms with Gasteiger partial charge in [-0.05, 0) is 6.07 Å². The van der Waals surface area contributed by atoms with Crippen LogP contribution in [0, 0.1) is 0 Å². The number of hydrogen-bond acceptors (Lipinski definition) is 4. The maximum absolute atomic E-state index is 9.21. The third kappa shape index (κ3) is 1.89. The fourth-order valence-electron chi connectivity index (χ4n) is 0.750. The lowest BCUT2D eigenvalue weighted by molar-refractivity contribution is 0.186. The molecular weight excluding hydrogens is 142 g/mol. The molecule has 0 saturated carbocycles. The molecule has 0 aromatic carbocycles. The van der Waals surface area contributed by atoms with Crippen LogP contribution >= 0.6 is 0 Å². The second-order valence-corrected chi connectivity index (χ2v) is 2.27. The molecule has 4 heteroatoms. The Labute approximate surface area is 64.9 Å². The number of aromatic nitrogens is 1. The molecule has 0 aliphatic heterocycles. The van der Waals surface area contributed by atoms with Crippen molar-refractivity contribution in [3.63, 3.8) is 0 Å². The Bertz CT molecular complexity index is 222. The summed E-state index contributed by atoms with van der Waals surface area (Å²) in [7, 11) is 0. The van der Waals surface area contributed by atoms with Crippen molar-refractivity contribution < 1.29 is 5.11 Å². The van der Waals surface area contributed by atoms with Crippen molar-refractivity contribution in [2.24, 2.45) is 5.73 Å². The van der Waals surface area contributed by atoms with Gasteiger partial charge in [0.25, 0.3) is 0 Å². The molecule has 11 heavy (non-hydrogen) atoms. The first-order chi connectivity index (χ1) is 5.24. The van der Waals surface area contributed by atoms with E-state index < -0.39 is 6.10 Å². The Kier molecular flexibility index (Phi) is 2.40. The van der Waals surface area contributed by atoms with Crippen LogP contribution in [0.1, 0.15) is 11.7 Å². The highest BCUT2D eigenvalue weighted by molar-refractivity contribution is 5.30. The summed E-state index contributed by atoms with van der Waals surface area (Å²) in [6.07, 6.45) is 0.885. The van der Waals surface area contributed by atoms with Crippen LogP contribution in [0.4, 0.5) is 5.82 Å². The molecule has 60 valence electrons. The minimum atomic E-state index is -0.636. The molecule has 0 unspecified atom stereocenters. The van der Waals surface area contributed by atoms with E-state index in [1.807, 2.05) is 0 Å². The molecule has 0 radical (unpaired) electrons. The van der Waals surface area contributed by atoms with Crippen molar-refractivity contribution in [1.82, 2.24) is 4.98 Å². The maximum Gasteiger partial charge on any atom is 0.123 e. The van der Waals surface area contributed by atoms with E-state index in [2.05, 4.69) is 4.98 Å². The number of aliphatic hydroxyl groups is 1. The molecule has 0 aliphatic carbocycles. The monoisotopic (exact) mass is 153 g/mol. The predicted octanol–water partition coefficient (Wildman–Crippen LogP) is -0.344. The number of aliphatic hydroxyl groups excluding tert-OH is 1. The SMILES string of the molecule is NC[C@@H](O)c1ccc(N)nc1. The fraction of sp³-hybridized carbons (Fsp3) is 0.286. The van der Waals surface area contributed by atoms with Gasteiger partial charge in [-0.25, -0.2) is 4.98 Å². The third-order valence-corrected chi connectivity index (χ3v) is 1.42. The number of pyridine rings is 1. The molecule has 1 atom stereocenters. The van der Waals surface area contributed by atoms with Gasteiger partial charge in [0.15, 0.2) is 0 Å². The fourth-order valence-corrected chi connectivity index (χ4v) is 0.750. The molecule has 0 amide bonds. The van der Waals surface area contributed by atoms with E-state index in [-0.39, 0.29) is 6.54 Å². The van der Waals surface area contributed by atoms with Gasteiger partial charge in [0, 0.05) is 18.3 Å². The zero-order valence-electron chi connectivity index (χ0n) is 6.07. The van der Waals surface area contributed by atoms with Gasteiger partial charge in [-0.3, -0.25) is 0 Å². The van der Waals surface area contributed by atoms with E-state index in [0.717, 1.165) is 0 Å². The van der Waals surface area contributed by atoms with Crippen molar-refractivity contribution in [2.45, 2.75) is 6.10 Å². The number of nitrogens with zero attached hydrogens (tertiary/aromatic N) is 1. The van der Waals surface area contributed by atoms with Gasteiger partial charge in [0.1, 0.15) is 5.82 Å². The number of nitrogen functional groups attached to an aromatic ring is 1. The predicted molar refractivity (Wildman–Crippen MR) is 42.7 cm³/mol. The van der Waals surface area contributed by atoms with Gasteiger partial charge in [0.2, 0.25) is 0 Å². The molecule has 0 fully saturated rings. The normalized spacial score (nSPS) is 12.9. The topological polar surface area (TPSA) is 85.2 Å². The number of hydrogen-bond donors (Lipinski definition) is 3. The average molecular weight is 153 g/mol. The molecule has 0 saturated heterocycles. The summed E-state index contributed by atoms with van der Waals surface area (Å²) >= 11 is 0. The van der Waals surface area contributed by atoms with Crippen LogP contribution in [0.25, 0.3) is 0 Å². The Morgan fingerprint density at radius 2 is 2.27 bits per heavy atom. The highest BCUT2D eigenvalue weighted by atomic mass is 16.3. The molecule has 1 heterocycles. The van der Waals surface area contributed by atoms with Crippen molar-refractivity contribution >= 4 is 5.82 Å². The number of nitrogens with two attached hydrogens (primary N) is 2. The Morgan fingerprint density at radius 3 is 2.73 bits per heavy atom. The largest absolute Gasteiger partial charge is 0.387 e. The summed E-state index contributed by atoms with van der Waals surface area (Å²) in [6, 6.07) is 3.34. The van der Waals surface area contributed by atoms with Crippen molar-refractivity contribution in [3.8, 4) is 0 Å². The van der Waals surface area contributed by atoms with E-state index >= 15 is 0 Å². The Hall–Kier alpha value is -1.13. The second kappa shape index (κ2) is 3.32. The lowest BCUT2D eigenvalue weighted by atomic mass is 10.2. The van der Waals surface area contributed by atoms with E-state index in [0.29, 0.717) is 11.4 Å². The minimum Gasteiger partial charge on any atom is -0.387 e.